The minimum absolute atomic E-state index is 0.427. The predicted molar refractivity (Wildman–Crippen MR) is 78.0 cm³/mol. The van der Waals surface area contributed by atoms with Crippen LogP contribution in [0.1, 0.15) is 29.6 Å². The van der Waals surface area contributed by atoms with E-state index in [1.54, 1.807) is 0 Å². The summed E-state index contributed by atoms with van der Waals surface area (Å²) in [5.74, 6) is 0.825. The van der Waals surface area contributed by atoms with Crippen LogP contribution in [0.15, 0.2) is 36.5 Å². The largest absolute Gasteiger partial charge is 0.308 e. The fraction of sp³-hybridized carbons (Fsp3) is 0.375. The molecule has 100 valence electrons. The van der Waals surface area contributed by atoms with Crippen molar-refractivity contribution in [1.82, 2.24) is 15.3 Å². The Balaban J connectivity index is 1.88. The van der Waals surface area contributed by atoms with Gasteiger partial charge >= 0.3 is 0 Å². The summed E-state index contributed by atoms with van der Waals surface area (Å²) in [5.41, 5.74) is 3.81. The second kappa shape index (κ2) is 6.43. The fourth-order valence-electron chi connectivity index (χ4n) is 2.12. The van der Waals surface area contributed by atoms with E-state index in [0.29, 0.717) is 6.04 Å². The molecule has 1 N–H and O–H groups in total. The lowest BCUT2D eigenvalue weighted by Gasteiger charge is -2.15. The molecule has 0 aliphatic rings. The van der Waals surface area contributed by atoms with Gasteiger partial charge in [0.15, 0.2) is 0 Å². The van der Waals surface area contributed by atoms with Crippen molar-refractivity contribution in [2.45, 2.75) is 39.8 Å². The average Bonchev–Trinajstić information content (AvgIpc) is 2.39. The molecule has 1 aromatic carbocycles. The standard InChI is InChI=1S/C16H21N3/c1-12-6-4-5-7-15(12)10-13(2)18-11-16-8-9-17-14(3)19-16/h4-9,13,18H,10-11H2,1-3H3. The van der Waals surface area contributed by atoms with Crippen LogP contribution >= 0.6 is 0 Å². The van der Waals surface area contributed by atoms with Gasteiger partial charge in [-0.3, -0.25) is 0 Å². The molecule has 0 aliphatic heterocycles. The van der Waals surface area contributed by atoms with Crippen molar-refractivity contribution in [3.05, 3.63) is 59.2 Å². The highest BCUT2D eigenvalue weighted by atomic mass is 14.9. The maximum absolute atomic E-state index is 4.40. The summed E-state index contributed by atoms with van der Waals surface area (Å²) in [6.07, 6.45) is 2.85. The van der Waals surface area contributed by atoms with Crippen molar-refractivity contribution in [1.29, 1.82) is 0 Å². The van der Waals surface area contributed by atoms with E-state index in [0.717, 1.165) is 24.5 Å². The quantitative estimate of drug-likeness (QED) is 0.892. The predicted octanol–water partition coefficient (Wildman–Crippen LogP) is 2.81. The highest BCUT2D eigenvalue weighted by molar-refractivity contribution is 5.26. The summed E-state index contributed by atoms with van der Waals surface area (Å²) >= 11 is 0. The molecule has 0 spiro atoms. The van der Waals surface area contributed by atoms with Gasteiger partial charge in [0.05, 0.1) is 5.69 Å². The number of aryl methyl sites for hydroxylation is 2. The highest BCUT2D eigenvalue weighted by Crippen LogP contribution is 2.09. The van der Waals surface area contributed by atoms with E-state index in [9.17, 15) is 0 Å². The lowest BCUT2D eigenvalue weighted by atomic mass is 10.0. The second-order valence-electron chi connectivity index (χ2n) is 5.01. The Morgan fingerprint density at radius 3 is 2.68 bits per heavy atom. The first kappa shape index (κ1) is 13.7. The molecule has 0 fully saturated rings. The summed E-state index contributed by atoms with van der Waals surface area (Å²) in [5, 5.41) is 3.51. The van der Waals surface area contributed by atoms with Gasteiger partial charge in [-0.1, -0.05) is 24.3 Å². The topological polar surface area (TPSA) is 37.8 Å². The average molecular weight is 255 g/mol. The molecular weight excluding hydrogens is 234 g/mol. The van der Waals surface area contributed by atoms with Crippen LogP contribution in [0.4, 0.5) is 0 Å². The molecule has 1 atom stereocenters. The third kappa shape index (κ3) is 4.14. The van der Waals surface area contributed by atoms with E-state index in [1.807, 2.05) is 19.2 Å². The van der Waals surface area contributed by atoms with Gasteiger partial charge in [-0.2, -0.15) is 0 Å². The first-order valence-electron chi connectivity index (χ1n) is 6.71. The molecule has 1 aromatic heterocycles. The number of aromatic nitrogens is 2. The number of benzene rings is 1. The summed E-state index contributed by atoms with van der Waals surface area (Å²) in [6.45, 7) is 7.08. The zero-order valence-electron chi connectivity index (χ0n) is 11.9. The molecule has 0 bridgehead atoms. The molecule has 2 rings (SSSR count). The molecule has 2 aromatic rings. The smallest absolute Gasteiger partial charge is 0.125 e. The number of rotatable bonds is 5. The Kier molecular flexibility index (Phi) is 4.63. The number of hydrogen-bond donors (Lipinski definition) is 1. The Morgan fingerprint density at radius 1 is 1.16 bits per heavy atom. The zero-order chi connectivity index (χ0) is 13.7. The van der Waals surface area contributed by atoms with E-state index in [4.69, 9.17) is 0 Å². The van der Waals surface area contributed by atoms with Crippen LogP contribution in [-0.2, 0) is 13.0 Å². The van der Waals surface area contributed by atoms with Crippen molar-refractivity contribution in [3.63, 3.8) is 0 Å². The van der Waals surface area contributed by atoms with Crippen LogP contribution in [0.2, 0.25) is 0 Å². The van der Waals surface area contributed by atoms with Crippen LogP contribution in [-0.4, -0.2) is 16.0 Å². The summed E-state index contributed by atoms with van der Waals surface area (Å²) < 4.78 is 0. The van der Waals surface area contributed by atoms with E-state index >= 15 is 0 Å². The minimum atomic E-state index is 0.427. The SMILES string of the molecule is Cc1nccc(CNC(C)Cc2ccccc2C)n1. The Bertz CT molecular complexity index is 537. The molecule has 3 heteroatoms. The maximum atomic E-state index is 4.40. The van der Waals surface area contributed by atoms with Gasteiger partial charge in [-0.05, 0) is 44.4 Å². The third-order valence-electron chi connectivity index (χ3n) is 3.25. The molecule has 3 nitrogen and oxygen atoms in total. The van der Waals surface area contributed by atoms with Crippen molar-refractivity contribution in [2.75, 3.05) is 0 Å². The van der Waals surface area contributed by atoms with Gasteiger partial charge in [-0.25, -0.2) is 9.97 Å². The monoisotopic (exact) mass is 255 g/mol. The molecular formula is C16H21N3. The Labute approximate surface area is 115 Å². The maximum Gasteiger partial charge on any atom is 0.125 e. The van der Waals surface area contributed by atoms with Crippen molar-refractivity contribution in [2.24, 2.45) is 0 Å². The highest BCUT2D eigenvalue weighted by Gasteiger charge is 2.05. The van der Waals surface area contributed by atoms with Crippen LogP contribution in [0.25, 0.3) is 0 Å². The normalized spacial score (nSPS) is 12.4. The Hall–Kier alpha value is -1.74. The van der Waals surface area contributed by atoms with Crippen molar-refractivity contribution >= 4 is 0 Å². The number of nitrogens with zero attached hydrogens (tertiary/aromatic N) is 2. The molecule has 0 saturated carbocycles. The number of hydrogen-bond acceptors (Lipinski definition) is 3. The van der Waals surface area contributed by atoms with Gasteiger partial charge in [0, 0.05) is 18.8 Å². The second-order valence-corrected chi connectivity index (χ2v) is 5.01. The van der Waals surface area contributed by atoms with Crippen molar-refractivity contribution < 1.29 is 0 Å². The van der Waals surface area contributed by atoms with Gasteiger partial charge in [-0.15, -0.1) is 0 Å². The lowest BCUT2D eigenvalue weighted by Crippen LogP contribution is -2.28. The van der Waals surface area contributed by atoms with Gasteiger partial charge in [0.25, 0.3) is 0 Å². The van der Waals surface area contributed by atoms with Crippen LogP contribution in [0.3, 0.4) is 0 Å². The van der Waals surface area contributed by atoms with Gasteiger partial charge in [0.1, 0.15) is 5.82 Å². The van der Waals surface area contributed by atoms with Gasteiger partial charge in [0.2, 0.25) is 0 Å². The van der Waals surface area contributed by atoms with E-state index in [1.165, 1.54) is 11.1 Å². The molecule has 0 radical (unpaired) electrons. The Morgan fingerprint density at radius 2 is 1.95 bits per heavy atom. The van der Waals surface area contributed by atoms with Crippen molar-refractivity contribution in [3.8, 4) is 0 Å². The first-order chi connectivity index (χ1) is 9.15. The van der Waals surface area contributed by atoms with E-state index in [-0.39, 0.29) is 0 Å². The summed E-state index contributed by atoms with van der Waals surface area (Å²) in [6, 6.07) is 10.9. The van der Waals surface area contributed by atoms with Gasteiger partial charge < -0.3 is 5.32 Å². The first-order valence-corrected chi connectivity index (χ1v) is 6.71. The molecule has 19 heavy (non-hydrogen) atoms. The van der Waals surface area contributed by atoms with E-state index in [2.05, 4.69) is 53.4 Å². The summed E-state index contributed by atoms with van der Waals surface area (Å²) in [7, 11) is 0. The third-order valence-corrected chi connectivity index (χ3v) is 3.25. The summed E-state index contributed by atoms with van der Waals surface area (Å²) in [4.78, 5) is 8.50. The van der Waals surface area contributed by atoms with Crippen LogP contribution in [0.5, 0.6) is 0 Å². The molecule has 0 saturated heterocycles. The zero-order valence-corrected chi connectivity index (χ0v) is 11.9. The van der Waals surface area contributed by atoms with Crippen LogP contribution < -0.4 is 5.32 Å². The van der Waals surface area contributed by atoms with Crippen LogP contribution in [0, 0.1) is 13.8 Å². The molecule has 0 aliphatic carbocycles. The lowest BCUT2D eigenvalue weighted by molar-refractivity contribution is 0.538. The van der Waals surface area contributed by atoms with E-state index < -0.39 is 0 Å². The molecule has 1 unspecified atom stereocenters. The minimum Gasteiger partial charge on any atom is -0.308 e. The fourth-order valence-corrected chi connectivity index (χ4v) is 2.12. The molecule has 1 heterocycles. The number of nitrogens with one attached hydrogen (secondary N) is 1. The molecule has 0 amide bonds.